The minimum absolute atomic E-state index is 0.380. The molecule has 46 heavy (non-hydrogen) atoms. The second-order valence-electron chi connectivity index (χ2n) is 11.6. The van der Waals surface area contributed by atoms with Crippen molar-refractivity contribution in [2.24, 2.45) is 0 Å². The largest absolute Gasteiger partial charge is 0.486 e. The number of thiocarbonyl (C=S) groups is 1. The van der Waals surface area contributed by atoms with Crippen LogP contribution in [0, 0.1) is 6.92 Å². The van der Waals surface area contributed by atoms with Gasteiger partial charge in [-0.2, -0.15) is 0 Å². The van der Waals surface area contributed by atoms with Crippen molar-refractivity contribution in [3.05, 3.63) is 124 Å². The number of para-hydroxylation sites is 1. The van der Waals surface area contributed by atoms with Gasteiger partial charge in [0, 0.05) is 33.4 Å². The normalized spacial score (nSPS) is 12.8. The van der Waals surface area contributed by atoms with Gasteiger partial charge in [-0.05, 0) is 98.0 Å². The lowest BCUT2D eigenvalue weighted by molar-refractivity contribution is 0.288. The second kappa shape index (κ2) is 12.1. The van der Waals surface area contributed by atoms with Gasteiger partial charge in [0.2, 0.25) is 0 Å². The molecule has 4 heterocycles. The molecular weight excluding hydrogens is 674 g/mol. The number of aromatic nitrogens is 4. The van der Waals surface area contributed by atoms with E-state index in [2.05, 4.69) is 104 Å². The van der Waals surface area contributed by atoms with Crippen LogP contribution in [0.2, 0.25) is 0 Å². The van der Waals surface area contributed by atoms with Crippen molar-refractivity contribution in [2.75, 3.05) is 5.32 Å². The monoisotopic (exact) mass is 703 g/mol. The number of benzene rings is 4. The average molecular weight is 705 g/mol. The Labute approximate surface area is 284 Å². The van der Waals surface area contributed by atoms with Crippen molar-refractivity contribution in [3.63, 3.8) is 0 Å². The van der Waals surface area contributed by atoms with E-state index in [0.29, 0.717) is 11.6 Å². The van der Waals surface area contributed by atoms with Gasteiger partial charge in [0.25, 0.3) is 0 Å². The Bertz CT molecular complexity index is 2220. The first-order valence-corrected chi connectivity index (χ1v) is 17.4. The molecule has 1 aliphatic rings. The lowest BCUT2D eigenvalue weighted by Crippen LogP contribution is -2.15. The van der Waals surface area contributed by atoms with Crippen molar-refractivity contribution in [1.29, 1.82) is 0 Å². The molecule has 8 rings (SSSR count). The number of nitrogens with one attached hydrogen (secondary N) is 1. The number of anilines is 1. The number of hydrogen-bond donors (Lipinski definition) is 1. The minimum atomic E-state index is 0.380. The number of rotatable bonds is 7. The van der Waals surface area contributed by atoms with Crippen molar-refractivity contribution in [2.45, 2.75) is 39.3 Å². The lowest BCUT2D eigenvalue weighted by atomic mass is 9.98. The molecule has 0 fully saturated rings. The van der Waals surface area contributed by atoms with E-state index in [1.54, 1.807) is 11.3 Å². The molecule has 7 aromatic rings. The highest BCUT2D eigenvalue weighted by Gasteiger charge is 2.29. The third kappa shape index (κ3) is 5.42. The number of thiazole rings is 1. The van der Waals surface area contributed by atoms with Gasteiger partial charge >= 0.3 is 0 Å². The third-order valence-electron chi connectivity index (χ3n) is 8.45. The van der Waals surface area contributed by atoms with Gasteiger partial charge in [0.05, 0.1) is 10.2 Å². The molecule has 0 saturated carbocycles. The molecule has 4 aromatic carbocycles. The van der Waals surface area contributed by atoms with Gasteiger partial charge in [0.15, 0.2) is 5.82 Å². The summed E-state index contributed by atoms with van der Waals surface area (Å²) in [6.07, 6.45) is 3.13. The Hall–Kier alpha value is -4.31. The lowest BCUT2D eigenvalue weighted by Gasteiger charge is -2.12. The molecule has 0 spiro atoms. The number of aryl methyl sites for hydroxylation is 3. The Kier molecular flexibility index (Phi) is 7.68. The summed E-state index contributed by atoms with van der Waals surface area (Å²) in [5, 5.41) is 9.72. The Morgan fingerprint density at radius 3 is 2.54 bits per heavy atom. The standard InChI is InChI=1S/C37H30BrN5OS2/c1-23-10-19-30-31(21-23)46-36(40-30)25-13-17-27(18-14-25)39-35(45)34-33(24-11-15-26(38)16-12-24)29-9-5-6-20-42-32(41-43(34)37(29)42)22-44-28-7-3-2-4-8-28/h2-4,7-8,10-19,21H,5-6,9,20,22H2,1H3,(H,39,45). The van der Waals surface area contributed by atoms with E-state index >= 15 is 0 Å². The van der Waals surface area contributed by atoms with Crippen molar-refractivity contribution in [3.8, 4) is 27.4 Å². The predicted octanol–water partition coefficient (Wildman–Crippen LogP) is 9.85. The van der Waals surface area contributed by atoms with E-state index < -0.39 is 0 Å². The Morgan fingerprint density at radius 1 is 0.957 bits per heavy atom. The van der Waals surface area contributed by atoms with E-state index in [4.69, 9.17) is 27.0 Å². The van der Waals surface area contributed by atoms with Crippen LogP contribution in [0.4, 0.5) is 5.69 Å². The van der Waals surface area contributed by atoms with Crippen LogP contribution >= 0.6 is 39.5 Å². The van der Waals surface area contributed by atoms with Gasteiger partial charge in [-0.3, -0.25) is 0 Å². The summed E-state index contributed by atoms with van der Waals surface area (Å²) in [6.45, 7) is 3.38. The van der Waals surface area contributed by atoms with Crippen molar-refractivity contribution in [1.82, 2.24) is 19.2 Å². The average Bonchev–Trinajstić information content (AvgIpc) is 3.68. The predicted molar refractivity (Wildman–Crippen MR) is 195 cm³/mol. The molecule has 0 atom stereocenters. The third-order valence-corrected chi connectivity index (χ3v) is 10.3. The van der Waals surface area contributed by atoms with Crippen LogP contribution in [0.1, 0.15) is 35.5 Å². The molecule has 0 amide bonds. The topological polar surface area (TPSA) is 56.4 Å². The molecule has 0 bridgehead atoms. The van der Waals surface area contributed by atoms with Crippen LogP contribution < -0.4 is 10.1 Å². The van der Waals surface area contributed by atoms with Crippen LogP contribution in [-0.2, 0) is 19.6 Å². The second-order valence-corrected chi connectivity index (χ2v) is 13.9. The van der Waals surface area contributed by atoms with Crippen LogP contribution in [0.15, 0.2) is 102 Å². The van der Waals surface area contributed by atoms with Crippen LogP contribution in [-0.4, -0.2) is 24.2 Å². The highest BCUT2D eigenvalue weighted by molar-refractivity contribution is 9.10. The number of fused-ring (bicyclic) bond motifs is 1. The van der Waals surface area contributed by atoms with Crippen LogP contribution in [0.5, 0.6) is 5.75 Å². The van der Waals surface area contributed by atoms with E-state index in [0.717, 1.165) is 86.1 Å². The fourth-order valence-corrected chi connectivity index (χ4v) is 7.89. The zero-order valence-electron chi connectivity index (χ0n) is 25.2. The quantitative estimate of drug-likeness (QED) is 0.168. The molecule has 0 radical (unpaired) electrons. The SMILES string of the molecule is Cc1ccc2nc(-c3ccc(NC(=S)c4c(-c5ccc(Br)cc5)c5c6n(c(COc7ccccc7)nn46)CCCC5)cc3)sc2c1. The van der Waals surface area contributed by atoms with Crippen molar-refractivity contribution >= 4 is 66.0 Å². The zero-order chi connectivity index (χ0) is 31.2. The van der Waals surface area contributed by atoms with Crippen LogP contribution in [0.25, 0.3) is 37.6 Å². The summed E-state index contributed by atoms with van der Waals surface area (Å²) in [5.74, 6) is 1.72. The minimum Gasteiger partial charge on any atom is -0.486 e. The van der Waals surface area contributed by atoms with Crippen LogP contribution in [0.3, 0.4) is 0 Å². The smallest absolute Gasteiger partial charge is 0.169 e. The molecule has 0 aliphatic carbocycles. The summed E-state index contributed by atoms with van der Waals surface area (Å²) in [5.41, 5.74) is 9.82. The molecule has 0 saturated heterocycles. The van der Waals surface area contributed by atoms with Gasteiger partial charge < -0.3 is 14.6 Å². The fourth-order valence-electron chi connectivity index (χ4n) is 6.25. The summed E-state index contributed by atoms with van der Waals surface area (Å²) < 4.78 is 12.8. The first-order chi connectivity index (χ1) is 22.5. The molecule has 0 unspecified atom stereocenters. The Morgan fingerprint density at radius 2 is 1.74 bits per heavy atom. The molecule has 228 valence electrons. The van der Waals surface area contributed by atoms with E-state index in [9.17, 15) is 0 Å². The highest BCUT2D eigenvalue weighted by atomic mass is 79.9. The van der Waals surface area contributed by atoms with E-state index in [1.807, 2.05) is 30.3 Å². The van der Waals surface area contributed by atoms with Gasteiger partial charge in [-0.15, -0.1) is 16.4 Å². The Balaban J connectivity index is 1.17. The summed E-state index contributed by atoms with van der Waals surface area (Å²) in [6, 6.07) is 33.2. The molecule has 3 aromatic heterocycles. The highest BCUT2D eigenvalue weighted by Crippen LogP contribution is 2.38. The maximum atomic E-state index is 6.20. The first-order valence-electron chi connectivity index (χ1n) is 15.4. The van der Waals surface area contributed by atoms with Gasteiger partial charge in [0.1, 0.15) is 33.7 Å². The molecule has 9 heteroatoms. The molecule has 6 nitrogen and oxygen atoms in total. The first kappa shape index (κ1) is 29.1. The molecule has 1 N–H and O–H groups in total. The van der Waals surface area contributed by atoms with Gasteiger partial charge in [-0.1, -0.05) is 64.5 Å². The number of halogens is 1. The fraction of sp³-hybridized carbons (Fsp3) is 0.162. The number of nitrogens with zero attached hydrogens (tertiary/aromatic N) is 4. The van der Waals surface area contributed by atoms with E-state index in [-0.39, 0.29) is 0 Å². The van der Waals surface area contributed by atoms with E-state index in [1.165, 1.54) is 15.8 Å². The molecule has 1 aliphatic heterocycles. The summed E-state index contributed by atoms with van der Waals surface area (Å²) in [7, 11) is 0. The maximum Gasteiger partial charge on any atom is 0.169 e. The number of ether oxygens (including phenoxy) is 1. The van der Waals surface area contributed by atoms with Crippen molar-refractivity contribution < 1.29 is 4.74 Å². The zero-order valence-corrected chi connectivity index (χ0v) is 28.4. The van der Waals surface area contributed by atoms with Gasteiger partial charge in [-0.25, -0.2) is 9.50 Å². The summed E-state index contributed by atoms with van der Waals surface area (Å²) in [4.78, 5) is 5.49. The molecular formula is C37H30BrN5OS2. The summed E-state index contributed by atoms with van der Waals surface area (Å²) >= 11 is 11.5. The number of hydrogen-bond acceptors (Lipinski definition) is 5. The maximum absolute atomic E-state index is 6.20.